The molecule has 0 unspecified atom stereocenters. The van der Waals surface area contributed by atoms with Crippen LogP contribution < -0.4 is 45.1 Å². The van der Waals surface area contributed by atoms with E-state index in [9.17, 15) is 43.5 Å². The number of imide groups is 1. The van der Waals surface area contributed by atoms with Crippen LogP contribution in [0, 0.1) is 5.92 Å². The summed E-state index contributed by atoms with van der Waals surface area (Å²) < 4.78 is 35.0. The van der Waals surface area contributed by atoms with Crippen LogP contribution in [-0.4, -0.2) is 176 Å². The van der Waals surface area contributed by atoms with Gasteiger partial charge in [0.2, 0.25) is 17.7 Å². The largest absolute Gasteiger partial charge is 0.493 e. The zero-order valence-electron chi connectivity index (χ0n) is 47.4. The Hall–Kier alpha value is -8.68. The van der Waals surface area contributed by atoms with Crippen LogP contribution in [0.2, 0.25) is 0 Å². The second-order valence-electron chi connectivity index (χ2n) is 20.9. The van der Waals surface area contributed by atoms with E-state index < -0.39 is 60.0 Å². The third kappa shape index (κ3) is 14.6. The zero-order valence-corrected chi connectivity index (χ0v) is 48.3. The predicted molar refractivity (Wildman–Crippen MR) is 312 cm³/mol. The number of aliphatic hydroxyl groups excluding tert-OH is 1. The second-order valence-corrected chi connectivity index (χ2v) is 21.4. The van der Waals surface area contributed by atoms with Gasteiger partial charge in [0, 0.05) is 81.6 Å². The van der Waals surface area contributed by atoms with Crippen LogP contribution in [0.25, 0.3) is 0 Å². The summed E-state index contributed by atoms with van der Waals surface area (Å²) in [5, 5.41) is 23.1. The molecule has 8 rings (SSSR count). The highest BCUT2D eigenvalue weighted by Crippen LogP contribution is 2.43. The Kier molecular flexibility index (Phi) is 20.2. The molecule has 0 radical (unpaired) electrons. The molecule has 5 heterocycles. The van der Waals surface area contributed by atoms with Crippen molar-refractivity contribution < 1.29 is 71.9 Å². The quantitative estimate of drug-likeness (QED) is 0.0338. The molecular weight excluding hydrogens is 1110 g/mol. The Labute approximate surface area is 491 Å². The number of hydrogen-bond donors (Lipinski definition) is 5. The van der Waals surface area contributed by atoms with Crippen LogP contribution in [0.15, 0.2) is 90.0 Å². The zero-order chi connectivity index (χ0) is 60.4. The maximum Gasteiger partial charge on any atom is 0.416 e. The van der Waals surface area contributed by atoms with E-state index in [1.165, 1.54) is 38.2 Å². The molecule has 5 aliphatic heterocycles. The number of carbonyl (C=O) groups excluding carboxylic acids is 8. The molecule has 84 heavy (non-hydrogen) atoms. The van der Waals surface area contributed by atoms with Gasteiger partial charge in [0.15, 0.2) is 29.2 Å². The van der Waals surface area contributed by atoms with Crippen molar-refractivity contribution in [3.8, 4) is 23.0 Å². The smallest absolute Gasteiger partial charge is 0.416 e. The summed E-state index contributed by atoms with van der Waals surface area (Å²) in [6.45, 7) is 14.4. The number of benzene rings is 3. The summed E-state index contributed by atoms with van der Waals surface area (Å²) in [6, 6.07) is 9.92. The molecule has 3 aromatic carbocycles. The first-order valence-electron chi connectivity index (χ1n) is 27.5. The van der Waals surface area contributed by atoms with Crippen molar-refractivity contribution in [3.63, 3.8) is 0 Å². The third-order valence-corrected chi connectivity index (χ3v) is 14.8. The van der Waals surface area contributed by atoms with Crippen molar-refractivity contribution in [2.24, 2.45) is 10.9 Å². The molecule has 0 saturated carbocycles. The number of fused-ring (bicyclic) bond motifs is 4. The Morgan fingerprint density at radius 1 is 0.774 bits per heavy atom. The van der Waals surface area contributed by atoms with E-state index in [1.54, 1.807) is 47.5 Å². The van der Waals surface area contributed by atoms with Crippen molar-refractivity contribution in [1.82, 2.24) is 30.7 Å². The van der Waals surface area contributed by atoms with Crippen molar-refractivity contribution in [1.29, 1.82) is 0 Å². The fraction of sp³-hybridized carbons (Fsp3) is 0.424. The van der Waals surface area contributed by atoms with Gasteiger partial charge in [-0.15, -0.1) is 0 Å². The number of methoxy groups -OCH3 is 2. The van der Waals surface area contributed by atoms with Crippen LogP contribution in [0.5, 0.6) is 23.0 Å². The highest BCUT2D eigenvalue weighted by atomic mass is 32.1. The maximum absolute atomic E-state index is 14.2. The van der Waals surface area contributed by atoms with Gasteiger partial charge in [-0.2, -0.15) is 0 Å². The van der Waals surface area contributed by atoms with Crippen LogP contribution in [0.1, 0.15) is 79.2 Å². The number of carbonyl (C=O) groups is 8. The third-order valence-electron chi connectivity index (χ3n) is 14.5. The minimum Gasteiger partial charge on any atom is -0.493 e. The summed E-state index contributed by atoms with van der Waals surface area (Å²) in [4.78, 5) is 114. The molecular formula is C59H69N9O15S. The number of amides is 8. The van der Waals surface area contributed by atoms with Crippen LogP contribution in [-0.2, 0) is 40.1 Å². The number of hydrogen-bond acceptors (Lipinski definition) is 17. The maximum atomic E-state index is 14.2. The lowest BCUT2D eigenvalue weighted by Crippen LogP contribution is -2.53. The minimum atomic E-state index is -1.55. The number of aliphatic hydroxyl groups is 1. The molecule has 25 heteroatoms. The van der Waals surface area contributed by atoms with Crippen molar-refractivity contribution in [2.45, 2.75) is 89.9 Å². The Morgan fingerprint density at radius 2 is 1.42 bits per heavy atom. The summed E-state index contributed by atoms with van der Waals surface area (Å²) >= 11 is 5.48. The summed E-state index contributed by atoms with van der Waals surface area (Å²) in [5.74, 6) is -1.93. The molecule has 5 N–H and O–H groups in total. The number of aliphatic imine (C=N–C) groups is 1. The van der Waals surface area contributed by atoms with Gasteiger partial charge in [0.25, 0.3) is 23.6 Å². The fourth-order valence-electron chi connectivity index (χ4n) is 9.99. The van der Waals surface area contributed by atoms with E-state index in [2.05, 4.69) is 39.4 Å². The van der Waals surface area contributed by atoms with E-state index in [0.29, 0.717) is 63.9 Å². The highest BCUT2D eigenvalue weighted by molar-refractivity contribution is 7.80. The number of nitrogens with one attached hydrogen (secondary N) is 4. The van der Waals surface area contributed by atoms with Crippen molar-refractivity contribution >= 4 is 87.9 Å². The van der Waals surface area contributed by atoms with E-state index >= 15 is 0 Å². The van der Waals surface area contributed by atoms with Crippen LogP contribution in [0.3, 0.4) is 0 Å². The molecule has 5 aliphatic rings. The van der Waals surface area contributed by atoms with Gasteiger partial charge in [-0.05, 0) is 55.5 Å². The van der Waals surface area contributed by atoms with E-state index in [1.807, 2.05) is 13.8 Å². The minimum absolute atomic E-state index is 0.0204. The van der Waals surface area contributed by atoms with Gasteiger partial charge >= 0.3 is 6.09 Å². The molecule has 5 atom stereocenters. The fourth-order valence-corrected chi connectivity index (χ4v) is 10.2. The molecule has 3 aromatic rings. The van der Waals surface area contributed by atoms with Gasteiger partial charge in [0.05, 0.1) is 80.2 Å². The molecule has 2 fully saturated rings. The average molecular weight is 1180 g/mol. The molecule has 2 saturated heterocycles. The number of rotatable bonds is 25. The van der Waals surface area contributed by atoms with Crippen molar-refractivity contribution in [2.75, 3.05) is 77.0 Å². The van der Waals surface area contributed by atoms with E-state index in [4.69, 9.17) is 40.6 Å². The number of nitrogens with zero attached hydrogens (tertiary/aromatic N) is 5. The summed E-state index contributed by atoms with van der Waals surface area (Å²) in [7, 11) is 2.90. The Bertz CT molecular complexity index is 3150. The van der Waals surface area contributed by atoms with Gasteiger partial charge in [-0.25, -0.2) is 9.69 Å². The number of anilines is 2. The number of thiocarbonyl (C=S) groups is 1. The van der Waals surface area contributed by atoms with Gasteiger partial charge in [-0.1, -0.05) is 62.5 Å². The lowest BCUT2D eigenvalue weighted by Gasteiger charge is -2.31. The lowest BCUT2D eigenvalue weighted by atomic mass is 10.0. The van der Waals surface area contributed by atoms with Crippen molar-refractivity contribution in [3.05, 3.63) is 102 Å². The molecule has 24 nitrogen and oxygen atoms in total. The normalized spacial score (nSPS) is 18.5. The van der Waals surface area contributed by atoms with E-state index in [0.717, 1.165) is 27.5 Å². The monoisotopic (exact) mass is 1180 g/mol. The number of ether oxygens (including phenoxy) is 6. The second kappa shape index (κ2) is 27.6. The topological polar surface area (TPSA) is 286 Å². The van der Waals surface area contributed by atoms with Crippen LogP contribution >= 0.6 is 12.2 Å². The predicted octanol–water partition coefficient (Wildman–Crippen LogP) is 4.51. The standard InChI is InChI=1S/C59H69N9O15S/c1-33(2)53(64-50(84)16-21-80-22-17-60-49(69)15-18-65-51(70)13-14-52(65)71)55(73)62-36(5)54(72)63-38-11-9-37(10-12-38)32-83-59(77)68-43-28-48(46(79-7)26-41(43)57(75)67-31-35(4)24-44(67)58(68)76)82-20-8-19-81-47-27-42-40(25-45(47)78-6)56(74)66-30-34(3)23-39(66)29-61-42/h9-14,25-29,33,36,39,44,53,58,76H,3-4,8,15-24,30-32H2,1-2,5-7H3,(H,60,69)(H,62,73)(H,63,72)(H,64,84)/t36-,39-,44-,53-,58-/m0/s1. The van der Waals surface area contributed by atoms with Gasteiger partial charge < -0.3 is 64.6 Å². The first kappa shape index (κ1) is 61.4. The lowest BCUT2D eigenvalue weighted by molar-refractivity contribution is -0.137. The summed E-state index contributed by atoms with van der Waals surface area (Å²) in [6.07, 6.45) is 3.03. The van der Waals surface area contributed by atoms with Gasteiger partial charge in [-0.3, -0.25) is 43.5 Å². The van der Waals surface area contributed by atoms with Crippen LogP contribution in [0.4, 0.5) is 21.9 Å². The Morgan fingerprint density at radius 3 is 2.10 bits per heavy atom. The Balaban J connectivity index is 0.817. The highest BCUT2D eigenvalue weighted by Gasteiger charge is 2.46. The van der Waals surface area contributed by atoms with Gasteiger partial charge in [0.1, 0.15) is 18.7 Å². The molecule has 8 amide bonds. The first-order chi connectivity index (χ1) is 40.2. The van der Waals surface area contributed by atoms with E-state index in [-0.39, 0.29) is 118 Å². The molecule has 446 valence electrons. The molecule has 0 spiro atoms. The molecule has 0 bridgehead atoms. The molecule has 0 aromatic heterocycles. The first-order valence-corrected chi connectivity index (χ1v) is 27.9. The molecule has 0 aliphatic carbocycles. The SMILES string of the molecule is C=C1C[C@H]2C=Nc3cc(OCCCOc4cc5c(cc4OC)C(=O)N4CC(=C)C[C@H]4[C@H](O)N5C(=O)OCc4ccc(NC(=O)[C@H](C)NC(=O)[C@@H](NC(=S)CCOCCNC(=O)CCN5C(=O)C=CC5=O)C(C)C)cc4)c(OC)cc3C(=O)N2C1. The summed E-state index contributed by atoms with van der Waals surface area (Å²) in [5.41, 5.74) is 3.52. The average Bonchev–Trinajstić information content (AvgIpc) is 3.36.